The molecule has 0 spiro atoms. The summed E-state index contributed by atoms with van der Waals surface area (Å²) in [4.78, 5) is 1.84. The fourth-order valence-corrected chi connectivity index (χ4v) is 1.48. The Hall–Kier alpha value is -1.24. The Bertz CT molecular complexity index is 360. The van der Waals surface area contributed by atoms with Crippen molar-refractivity contribution in [3.63, 3.8) is 0 Å². The lowest BCUT2D eigenvalue weighted by Gasteiger charge is -2.19. The van der Waals surface area contributed by atoms with Crippen LogP contribution in [0.15, 0.2) is 18.2 Å². The van der Waals surface area contributed by atoms with Gasteiger partial charge in [-0.05, 0) is 18.2 Å². The van der Waals surface area contributed by atoms with E-state index in [0.717, 1.165) is 5.69 Å². The van der Waals surface area contributed by atoms with Gasteiger partial charge in [0.15, 0.2) is 0 Å². The molecule has 0 aliphatic rings. The molecule has 0 saturated carbocycles. The highest BCUT2D eigenvalue weighted by atomic mass is 35.5. The van der Waals surface area contributed by atoms with Crippen LogP contribution in [-0.2, 0) is 0 Å². The van der Waals surface area contributed by atoms with E-state index in [0.29, 0.717) is 17.1 Å². The number of likely N-dealkylation sites (N-methyl/N-ethyl adjacent to an activating group) is 1. The number of nitriles is 1. The van der Waals surface area contributed by atoms with Crippen LogP contribution < -0.4 is 4.90 Å². The van der Waals surface area contributed by atoms with Gasteiger partial charge in [-0.15, -0.1) is 0 Å². The Morgan fingerprint density at radius 2 is 2.29 bits per heavy atom. The number of aliphatic hydroxyl groups is 1. The van der Waals surface area contributed by atoms with Crippen molar-refractivity contribution in [1.82, 2.24) is 0 Å². The third kappa shape index (κ3) is 2.38. The second-order valence-corrected chi connectivity index (χ2v) is 3.33. The van der Waals surface area contributed by atoms with Gasteiger partial charge < -0.3 is 10.0 Å². The van der Waals surface area contributed by atoms with Crippen LogP contribution in [-0.4, -0.2) is 25.3 Å². The SMILES string of the molecule is CN(CCO)c1ccc(C#N)cc1Cl. The second kappa shape index (κ2) is 4.85. The van der Waals surface area contributed by atoms with E-state index in [1.165, 1.54) is 0 Å². The predicted molar refractivity (Wildman–Crippen MR) is 56.5 cm³/mol. The molecule has 0 aliphatic carbocycles. The second-order valence-electron chi connectivity index (χ2n) is 2.92. The molecule has 0 heterocycles. The van der Waals surface area contributed by atoms with Crippen molar-refractivity contribution in [1.29, 1.82) is 5.26 Å². The van der Waals surface area contributed by atoms with E-state index < -0.39 is 0 Å². The minimum Gasteiger partial charge on any atom is -0.395 e. The molecule has 0 amide bonds. The van der Waals surface area contributed by atoms with Gasteiger partial charge in [-0.1, -0.05) is 11.6 Å². The van der Waals surface area contributed by atoms with Gasteiger partial charge in [-0.25, -0.2) is 0 Å². The number of hydrogen-bond donors (Lipinski definition) is 1. The zero-order valence-electron chi connectivity index (χ0n) is 7.87. The highest BCUT2D eigenvalue weighted by molar-refractivity contribution is 6.33. The number of nitrogens with zero attached hydrogens (tertiary/aromatic N) is 2. The summed E-state index contributed by atoms with van der Waals surface area (Å²) in [7, 11) is 1.84. The first-order valence-electron chi connectivity index (χ1n) is 4.20. The third-order valence-corrected chi connectivity index (χ3v) is 2.23. The molecule has 0 radical (unpaired) electrons. The Morgan fingerprint density at radius 1 is 1.57 bits per heavy atom. The maximum absolute atomic E-state index is 8.75. The zero-order valence-corrected chi connectivity index (χ0v) is 8.62. The minimum atomic E-state index is 0.0762. The molecule has 1 N–H and O–H groups in total. The molecule has 0 fully saturated rings. The maximum Gasteiger partial charge on any atom is 0.0992 e. The standard InChI is InChI=1S/C10H11ClN2O/c1-13(4-5-14)10-3-2-8(7-12)6-9(10)11/h2-3,6,14H,4-5H2,1H3. The lowest BCUT2D eigenvalue weighted by atomic mass is 10.2. The summed E-state index contributed by atoms with van der Waals surface area (Å²) < 4.78 is 0. The van der Waals surface area contributed by atoms with Crippen LogP contribution in [0.25, 0.3) is 0 Å². The van der Waals surface area contributed by atoms with Crippen LogP contribution in [0.5, 0.6) is 0 Å². The Labute approximate surface area is 88.1 Å². The van der Waals surface area contributed by atoms with Gasteiger partial charge in [-0.3, -0.25) is 0 Å². The fourth-order valence-electron chi connectivity index (χ4n) is 1.16. The van der Waals surface area contributed by atoms with Crippen LogP contribution in [0.4, 0.5) is 5.69 Å². The molecule has 0 saturated heterocycles. The van der Waals surface area contributed by atoms with Crippen LogP contribution in [0.3, 0.4) is 0 Å². The molecular weight excluding hydrogens is 200 g/mol. The Kier molecular flexibility index (Phi) is 3.75. The molecule has 74 valence electrons. The van der Waals surface area contributed by atoms with Crippen LogP contribution in [0.2, 0.25) is 5.02 Å². The van der Waals surface area contributed by atoms with Crippen LogP contribution in [0.1, 0.15) is 5.56 Å². The number of rotatable bonds is 3. The third-order valence-electron chi connectivity index (χ3n) is 1.92. The number of benzene rings is 1. The minimum absolute atomic E-state index is 0.0762. The van der Waals surface area contributed by atoms with E-state index in [-0.39, 0.29) is 6.61 Å². The summed E-state index contributed by atoms with van der Waals surface area (Å²) in [5, 5.41) is 17.9. The van der Waals surface area contributed by atoms with Crippen molar-refractivity contribution in [2.24, 2.45) is 0 Å². The topological polar surface area (TPSA) is 47.3 Å². The van der Waals surface area contributed by atoms with E-state index in [1.807, 2.05) is 18.0 Å². The molecule has 0 aromatic heterocycles. The summed E-state index contributed by atoms with van der Waals surface area (Å²) in [6.45, 7) is 0.596. The van der Waals surface area contributed by atoms with Crippen molar-refractivity contribution < 1.29 is 5.11 Å². The largest absolute Gasteiger partial charge is 0.395 e. The van der Waals surface area contributed by atoms with E-state index in [2.05, 4.69) is 0 Å². The lowest BCUT2D eigenvalue weighted by molar-refractivity contribution is 0.304. The summed E-state index contributed by atoms with van der Waals surface area (Å²) >= 11 is 5.96. The van der Waals surface area contributed by atoms with Gasteiger partial charge in [0, 0.05) is 13.6 Å². The smallest absolute Gasteiger partial charge is 0.0992 e. The molecule has 4 heteroatoms. The highest BCUT2D eigenvalue weighted by Crippen LogP contribution is 2.25. The molecular formula is C10H11ClN2O. The molecule has 14 heavy (non-hydrogen) atoms. The fraction of sp³-hybridized carbons (Fsp3) is 0.300. The van der Waals surface area contributed by atoms with E-state index >= 15 is 0 Å². The number of aliphatic hydroxyl groups excluding tert-OH is 1. The molecule has 0 atom stereocenters. The molecule has 0 unspecified atom stereocenters. The lowest BCUT2D eigenvalue weighted by Crippen LogP contribution is -2.21. The van der Waals surface area contributed by atoms with Crippen molar-refractivity contribution in [2.75, 3.05) is 25.1 Å². The number of anilines is 1. The van der Waals surface area contributed by atoms with Crippen molar-refractivity contribution >= 4 is 17.3 Å². The van der Waals surface area contributed by atoms with Gasteiger partial charge in [-0.2, -0.15) is 5.26 Å². The summed E-state index contributed by atoms with van der Waals surface area (Å²) in [5.74, 6) is 0. The Balaban J connectivity index is 2.95. The molecule has 1 aromatic rings. The van der Waals surface area contributed by atoms with Gasteiger partial charge in [0.25, 0.3) is 0 Å². The zero-order chi connectivity index (χ0) is 10.6. The molecule has 0 bridgehead atoms. The average molecular weight is 211 g/mol. The Morgan fingerprint density at radius 3 is 2.79 bits per heavy atom. The van der Waals surface area contributed by atoms with E-state index in [1.54, 1.807) is 18.2 Å². The molecule has 3 nitrogen and oxygen atoms in total. The summed E-state index contributed by atoms with van der Waals surface area (Å²) in [6, 6.07) is 7.11. The van der Waals surface area contributed by atoms with Crippen LogP contribution >= 0.6 is 11.6 Å². The van der Waals surface area contributed by atoms with Crippen molar-refractivity contribution in [3.05, 3.63) is 28.8 Å². The monoisotopic (exact) mass is 210 g/mol. The number of hydrogen-bond acceptors (Lipinski definition) is 3. The first-order chi connectivity index (χ1) is 6.69. The first kappa shape index (κ1) is 10.8. The maximum atomic E-state index is 8.75. The van der Waals surface area contributed by atoms with Gasteiger partial charge in [0.2, 0.25) is 0 Å². The first-order valence-corrected chi connectivity index (χ1v) is 4.58. The highest BCUT2D eigenvalue weighted by Gasteiger charge is 2.05. The summed E-state index contributed by atoms with van der Waals surface area (Å²) in [5.41, 5.74) is 1.36. The van der Waals surface area contributed by atoms with Crippen molar-refractivity contribution in [3.8, 4) is 6.07 Å². The molecule has 0 aliphatic heterocycles. The van der Waals surface area contributed by atoms with E-state index in [4.69, 9.17) is 22.0 Å². The molecule has 1 aromatic carbocycles. The summed E-state index contributed by atoms with van der Waals surface area (Å²) in [6.07, 6.45) is 0. The molecule has 1 rings (SSSR count). The van der Waals surface area contributed by atoms with E-state index in [9.17, 15) is 0 Å². The van der Waals surface area contributed by atoms with Crippen molar-refractivity contribution in [2.45, 2.75) is 0 Å². The quantitative estimate of drug-likeness (QED) is 0.825. The van der Waals surface area contributed by atoms with Crippen LogP contribution in [0, 0.1) is 11.3 Å². The average Bonchev–Trinajstić information content (AvgIpc) is 2.17. The predicted octanol–water partition coefficient (Wildman–Crippen LogP) is 1.64. The van der Waals surface area contributed by atoms with Gasteiger partial charge in [0.1, 0.15) is 0 Å². The normalized spacial score (nSPS) is 9.57. The van der Waals surface area contributed by atoms with Gasteiger partial charge >= 0.3 is 0 Å². The van der Waals surface area contributed by atoms with Gasteiger partial charge in [0.05, 0.1) is 28.9 Å². The number of halogens is 1.